The largest absolute Gasteiger partial charge is 0.317 e. The molecule has 1 saturated carbocycles. The fraction of sp³-hybridized carbons (Fsp3) is 0.188. The van der Waals surface area contributed by atoms with E-state index >= 15 is 0 Å². The molecule has 4 N–H and O–H groups in total. The van der Waals surface area contributed by atoms with E-state index in [1.165, 1.54) is 10.6 Å². The van der Waals surface area contributed by atoms with Gasteiger partial charge >= 0.3 is 0 Å². The maximum absolute atomic E-state index is 13.1. The molecular formula is C32H33N2O2P. The highest BCUT2D eigenvalue weighted by Gasteiger charge is 2.57. The van der Waals surface area contributed by atoms with Crippen molar-refractivity contribution in [3.8, 4) is 0 Å². The van der Waals surface area contributed by atoms with E-state index in [1.807, 2.05) is 12.1 Å². The Hall–Kier alpha value is -3.43. The fourth-order valence-electron chi connectivity index (χ4n) is 4.79. The quantitative estimate of drug-likeness (QED) is 0.282. The summed E-state index contributed by atoms with van der Waals surface area (Å²) in [7, 11) is 0.777. The van der Waals surface area contributed by atoms with Crippen LogP contribution in [0.4, 0.5) is 0 Å². The summed E-state index contributed by atoms with van der Waals surface area (Å²) in [6, 6.07) is 38.9. The van der Waals surface area contributed by atoms with Crippen molar-refractivity contribution in [2.45, 2.75) is 36.8 Å². The first-order valence-electron chi connectivity index (χ1n) is 12.6. The summed E-state index contributed by atoms with van der Waals surface area (Å²) < 4.78 is 0. The number of carbonyl (C=O) groups excluding carboxylic acids is 2. The molecule has 1 fully saturated rings. The van der Waals surface area contributed by atoms with Gasteiger partial charge in [0.05, 0.1) is 0 Å². The molecule has 0 spiro atoms. The van der Waals surface area contributed by atoms with Crippen molar-refractivity contribution in [2.75, 3.05) is 0 Å². The molecule has 5 rings (SSSR count). The van der Waals surface area contributed by atoms with Gasteiger partial charge < -0.3 is 11.5 Å². The van der Waals surface area contributed by atoms with E-state index in [4.69, 9.17) is 11.5 Å². The van der Waals surface area contributed by atoms with Crippen molar-refractivity contribution in [3.63, 3.8) is 0 Å². The number of nitrogens with two attached hydrogens (primary N) is 2. The van der Waals surface area contributed by atoms with Crippen LogP contribution in [0.5, 0.6) is 0 Å². The molecular weight excluding hydrogens is 475 g/mol. The number of benzene rings is 4. The maximum Gasteiger partial charge on any atom is 0.185 e. The van der Waals surface area contributed by atoms with Gasteiger partial charge in [0.1, 0.15) is 11.1 Å². The Morgan fingerprint density at radius 2 is 0.811 bits per heavy atom. The minimum absolute atomic E-state index is 0.255. The monoisotopic (exact) mass is 508 g/mol. The SMILES string of the molecule is NC1(C(=O)c2ccccc2)CCCCC1(N)C(=O)c1ccccc1.c1ccc(Pc2ccccc2)cc1. The highest BCUT2D eigenvalue weighted by Crippen LogP contribution is 2.38. The normalized spacial score (nSPS) is 20.8. The van der Waals surface area contributed by atoms with E-state index in [2.05, 4.69) is 60.7 Å². The number of ketones is 2. The summed E-state index contributed by atoms with van der Waals surface area (Å²) >= 11 is 0. The molecule has 0 saturated heterocycles. The van der Waals surface area contributed by atoms with Crippen molar-refractivity contribution in [2.24, 2.45) is 11.5 Å². The van der Waals surface area contributed by atoms with Gasteiger partial charge in [-0.3, -0.25) is 9.59 Å². The second-order valence-electron chi connectivity index (χ2n) is 9.40. The first-order chi connectivity index (χ1) is 17.9. The average Bonchev–Trinajstić information content (AvgIpc) is 2.96. The minimum atomic E-state index is -1.39. The Morgan fingerprint density at radius 1 is 0.514 bits per heavy atom. The summed E-state index contributed by atoms with van der Waals surface area (Å²) in [5, 5.41) is 2.79. The Balaban J connectivity index is 0.000000207. The van der Waals surface area contributed by atoms with Crippen LogP contribution in [-0.4, -0.2) is 22.6 Å². The number of rotatable bonds is 6. The third kappa shape index (κ3) is 6.11. The Bertz CT molecular complexity index is 1200. The summed E-state index contributed by atoms with van der Waals surface area (Å²) in [5.41, 5.74) is 11.3. The lowest BCUT2D eigenvalue weighted by Gasteiger charge is -2.47. The van der Waals surface area contributed by atoms with Crippen LogP contribution >= 0.6 is 8.58 Å². The number of Topliss-reactive ketones (excluding diaryl/α,β-unsaturated/α-hetero) is 2. The maximum atomic E-state index is 13.1. The molecule has 0 radical (unpaired) electrons. The van der Waals surface area contributed by atoms with Gasteiger partial charge in [-0.05, 0) is 23.5 Å². The molecule has 5 heteroatoms. The summed E-state index contributed by atoms with van der Waals surface area (Å²) in [6.45, 7) is 0. The van der Waals surface area contributed by atoms with Crippen LogP contribution in [0.25, 0.3) is 0 Å². The lowest BCUT2D eigenvalue weighted by Crippen LogP contribution is -2.74. The van der Waals surface area contributed by atoms with Gasteiger partial charge in [-0.2, -0.15) is 0 Å². The zero-order chi connectivity index (χ0) is 26.1. The molecule has 188 valence electrons. The summed E-state index contributed by atoms with van der Waals surface area (Å²) in [6.07, 6.45) is 2.40. The van der Waals surface area contributed by atoms with E-state index in [0.717, 1.165) is 21.4 Å². The minimum Gasteiger partial charge on any atom is -0.317 e. The van der Waals surface area contributed by atoms with Crippen molar-refractivity contribution in [1.29, 1.82) is 0 Å². The zero-order valence-electron chi connectivity index (χ0n) is 20.8. The predicted molar refractivity (Wildman–Crippen MR) is 154 cm³/mol. The number of carbonyl (C=O) groups is 2. The van der Waals surface area contributed by atoms with Crippen molar-refractivity contribution >= 4 is 30.8 Å². The van der Waals surface area contributed by atoms with E-state index in [9.17, 15) is 9.59 Å². The summed E-state index contributed by atoms with van der Waals surface area (Å²) in [5.74, 6) is -0.510. The van der Waals surface area contributed by atoms with E-state index in [0.29, 0.717) is 24.0 Å². The van der Waals surface area contributed by atoms with Crippen LogP contribution in [0.3, 0.4) is 0 Å². The van der Waals surface area contributed by atoms with E-state index < -0.39 is 11.1 Å². The molecule has 0 heterocycles. The molecule has 0 bridgehead atoms. The van der Waals surface area contributed by atoms with Crippen LogP contribution < -0.4 is 22.1 Å². The van der Waals surface area contributed by atoms with Gasteiger partial charge in [0.15, 0.2) is 11.6 Å². The highest BCUT2D eigenvalue weighted by atomic mass is 31.1. The van der Waals surface area contributed by atoms with Gasteiger partial charge in [-0.25, -0.2) is 0 Å². The van der Waals surface area contributed by atoms with Crippen molar-refractivity contribution < 1.29 is 9.59 Å². The Kier molecular flexibility index (Phi) is 8.78. The molecule has 4 nitrogen and oxygen atoms in total. The third-order valence-corrected chi connectivity index (χ3v) is 8.15. The fourth-order valence-corrected chi connectivity index (χ4v) is 5.84. The van der Waals surface area contributed by atoms with Crippen LogP contribution in [0.1, 0.15) is 46.4 Å². The Morgan fingerprint density at radius 3 is 1.14 bits per heavy atom. The van der Waals surface area contributed by atoms with Gasteiger partial charge in [0.2, 0.25) is 0 Å². The highest BCUT2D eigenvalue weighted by molar-refractivity contribution is 7.55. The predicted octanol–water partition coefficient (Wildman–Crippen LogP) is 5.04. The average molecular weight is 509 g/mol. The Labute approximate surface area is 220 Å². The lowest BCUT2D eigenvalue weighted by molar-refractivity contribution is 0.0586. The topological polar surface area (TPSA) is 86.2 Å². The summed E-state index contributed by atoms with van der Waals surface area (Å²) in [4.78, 5) is 26.2. The molecule has 2 atom stereocenters. The number of hydrogen-bond acceptors (Lipinski definition) is 4. The van der Waals surface area contributed by atoms with E-state index in [1.54, 1.807) is 48.5 Å². The molecule has 0 aliphatic heterocycles. The molecule has 2 unspecified atom stereocenters. The van der Waals surface area contributed by atoms with Gasteiger partial charge in [-0.15, -0.1) is 0 Å². The molecule has 1 aliphatic rings. The van der Waals surface area contributed by atoms with Gasteiger partial charge in [-0.1, -0.05) is 143 Å². The van der Waals surface area contributed by atoms with Crippen LogP contribution in [0.15, 0.2) is 121 Å². The van der Waals surface area contributed by atoms with Crippen LogP contribution in [0, 0.1) is 0 Å². The van der Waals surface area contributed by atoms with Crippen LogP contribution in [-0.2, 0) is 0 Å². The molecule has 4 aromatic rings. The smallest absolute Gasteiger partial charge is 0.185 e. The molecule has 0 amide bonds. The third-order valence-electron chi connectivity index (χ3n) is 6.91. The second-order valence-corrected chi connectivity index (χ2v) is 10.8. The van der Waals surface area contributed by atoms with Crippen molar-refractivity contribution in [3.05, 3.63) is 132 Å². The molecule has 37 heavy (non-hydrogen) atoms. The second kappa shape index (κ2) is 12.2. The standard InChI is InChI=1S/C20H22N2O2.C12H11P/c21-19(17(23)15-9-3-1-4-10-15)13-7-8-14-20(19,22)18(24)16-11-5-2-6-12-16;1-3-7-11(8-4-1)13-12-9-5-2-6-10-12/h1-6,9-12H,7-8,13-14,21-22H2;1-10,13H. The first-order valence-corrected chi connectivity index (χ1v) is 13.6. The van der Waals surface area contributed by atoms with Crippen molar-refractivity contribution in [1.82, 2.24) is 0 Å². The van der Waals surface area contributed by atoms with Gasteiger partial charge in [0, 0.05) is 11.1 Å². The van der Waals surface area contributed by atoms with E-state index in [-0.39, 0.29) is 11.6 Å². The molecule has 1 aliphatic carbocycles. The molecule has 4 aromatic carbocycles. The number of hydrogen-bond donors (Lipinski definition) is 2. The first kappa shape index (κ1) is 26.6. The van der Waals surface area contributed by atoms with Crippen LogP contribution in [0.2, 0.25) is 0 Å². The zero-order valence-corrected chi connectivity index (χ0v) is 21.8. The van der Waals surface area contributed by atoms with Gasteiger partial charge in [0.25, 0.3) is 0 Å². The molecule has 0 aromatic heterocycles. The lowest BCUT2D eigenvalue weighted by atomic mass is 9.62.